The van der Waals surface area contributed by atoms with Gasteiger partial charge in [-0.2, -0.15) is 0 Å². The number of anilines is 1. The van der Waals surface area contributed by atoms with E-state index in [1.807, 2.05) is 30.1 Å². The Labute approximate surface area is 217 Å². The smallest absolute Gasteiger partial charge is 0.416 e. The van der Waals surface area contributed by atoms with Crippen LogP contribution in [0.5, 0.6) is 11.5 Å². The third-order valence-electron chi connectivity index (χ3n) is 5.22. The van der Waals surface area contributed by atoms with Gasteiger partial charge >= 0.3 is 12.1 Å². The van der Waals surface area contributed by atoms with Gasteiger partial charge in [0.1, 0.15) is 18.9 Å². The fourth-order valence-electron chi connectivity index (χ4n) is 3.37. The molecule has 1 amide bonds. The Morgan fingerprint density at radius 2 is 1.75 bits per heavy atom. The number of ether oxygens (including phenoxy) is 2. The Morgan fingerprint density at radius 3 is 2.47 bits per heavy atom. The van der Waals surface area contributed by atoms with Gasteiger partial charge in [0.25, 0.3) is 0 Å². The standard InChI is InChI=1S/C26H24ClN3O5S/c1-29(25-28-21-7-3-5-9-23(21)36-25)14-15-34-19-12-10-18(11-13-19)16-30(17-24(31)32)26(33)35-22-8-4-2-6-20(22)27/h2-13H,14-17H2,1H3,(H,31,32). The molecule has 1 N–H and O–H groups in total. The fraction of sp³-hybridized carbons (Fsp3) is 0.192. The molecule has 0 fully saturated rings. The van der Waals surface area contributed by atoms with Crippen LogP contribution in [0.4, 0.5) is 9.93 Å². The van der Waals surface area contributed by atoms with Crippen LogP contribution in [0.15, 0.2) is 72.8 Å². The molecule has 0 spiro atoms. The van der Waals surface area contributed by atoms with Crippen molar-refractivity contribution in [1.29, 1.82) is 0 Å². The monoisotopic (exact) mass is 525 g/mol. The van der Waals surface area contributed by atoms with E-state index in [2.05, 4.69) is 11.1 Å². The zero-order chi connectivity index (χ0) is 25.5. The molecule has 0 radical (unpaired) electrons. The number of nitrogens with zero attached hydrogens (tertiary/aromatic N) is 3. The van der Waals surface area contributed by atoms with E-state index >= 15 is 0 Å². The van der Waals surface area contributed by atoms with Gasteiger partial charge in [0.2, 0.25) is 0 Å². The molecule has 1 heterocycles. The second-order valence-corrected chi connectivity index (χ2v) is 9.34. The average molecular weight is 526 g/mol. The number of likely N-dealkylation sites (N-methyl/N-ethyl adjacent to an activating group) is 1. The molecule has 0 unspecified atom stereocenters. The van der Waals surface area contributed by atoms with Crippen molar-refractivity contribution in [2.75, 3.05) is 31.6 Å². The van der Waals surface area contributed by atoms with Gasteiger partial charge < -0.3 is 19.5 Å². The number of carbonyl (C=O) groups is 2. The van der Waals surface area contributed by atoms with E-state index in [4.69, 9.17) is 21.1 Å². The number of hydrogen-bond acceptors (Lipinski definition) is 7. The van der Waals surface area contributed by atoms with Crippen molar-refractivity contribution in [2.45, 2.75) is 6.54 Å². The second kappa shape index (κ2) is 11.7. The molecule has 3 aromatic carbocycles. The first-order valence-electron chi connectivity index (χ1n) is 11.1. The zero-order valence-electron chi connectivity index (χ0n) is 19.5. The first-order chi connectivity index (χ1) is 17.4. The molecule has 0 saturated carbocycles. The van der Waals surface area contributed by atoms with Crippen LogP contribution in [-0.4, -0.2) is 53.8 Å². The number of hydrogen-bond donors (Lipinski definition) is 1. The number of amides is 1. The zero-order valence-corrected chi connectivity index (χ0v) is 21.0. The topological polar surface area (TPSA) is 92.2 Å². The van der Waals surface area contributed by atoms with E-state index < -0.39 is 18.6 Å². The summed E-state index contributed by atoms with van der Waals surface area (Å²) in [5.41, 5.74) is 1.71. The largest absolute Gasteiger partial charge is 0.492 e. The summed E-state index contributed by atoms with van der Waals surface area (Å²) in [4.78, 5) is 31.7. The SMILES string of the molecule is CN(CCOc1ccc(CN(CC(=O)O)C(=O)Oc2ccccc2Cl)cc1)c1nc2ccccc2s1. The summed E-state index contributed by atoms with van der Waals surface area (Å²) in [7, 11) is 1.98. The van der Waals surface area contributed by atoms with Crippen LogP contribution in [0, 0.1) is 0 Å². The summed E-state index contributed by atoms with van der Waals surface area (Å²) < 4.78 is 12.3. The molecular weight excluding hydrogens is 502 g/mol. The maximum Gasteiger partial charge on any atom is 0.416 e. The molecule has 1 aromatic heterocycles. The summed E-state index contributed by atoms with van der Waals surface area (Å²) in [6.07, 6.45) is -0.802. The number of rotatable bonds is 10. The van der Waals surface area contributed by atoms with E-state index in [0.717, 1.165) is 25.8 Å². The van der Waals surface area contributed by atoms with Crippen molar-refractivity contribution in [1.82, 2.24) is 9.88 Å². The summed E-state index contributed by atoms with van der Waals surface area (Å²) >= 11 is 7.67. The van der Waals surface area contributed by atoms with Crippen LogP contribution in [0.1, 0.15) is 5.56 Å². The predicted octanol–water partition coefficient (Wildman–Crippen LogP) is 5.55. The molecule has 186 valence electrons. The van der Waals surface area contributed by atoms with Gasteiger partial charge in [0.05, 0.1) is 21.8 Å². The minimum absolute atomic E-state index is 0.0518. The molecule has 10 heteroatoms. The maximum atomic E-state index is 12.6. The van der Waals surface area contributed by atoms with E-state index in [1.165, 1.54) is 0 Å². The first-order valence-corrected chi connectivity index (χ1v) is 12.3. The number of carbonyl (C=O) groups excluding carboxylic acids is 1. The lowest BCUT2D eigenvalue weighted by molar-refractivity contribution is -0.138. The van der Waals surface area contributed by atoms with Gasteiger partial charge in [-0.3, -0.25) is 9.69 Å². The number of carboxylic acid groups (broad SMARTS) is 1. The van der Waals surface area contributed by atoms with E-state index in [0.29, 0.717) is 18.9 Å². The van der Waals surface area contributed by atoms with Crippen LogP contribution in [0.3, 0.4) is 0 Å². The Morgan fingerprint density at radius 1 is 1.03 bits per heavy atom. The van der Waals surface area contributed by atoms with Crippen molar-refractivity contribution in [3.63, 3.8) is 0 Å². The maximum absolute atomic E-state index is 12.6. The summed E-state index contributed by atoms with van der Waals surface area (Å²) in [6.45, 7) is 0.652. The van der Waals surface area contributed by atoms with Crippen molar-refractivity contribution in [3.05, 3.63) is 83.4 Å². The third-order valence-corrected chi connectivity index (χ3v) is 6.68. The van der Waals surface area contributed by atoms with Gasteiger partial charge in [-0.25, -0.2) is 9.78 Å². The van der Waals surface area contributed by atoms with Gasteiger partial charge in [0, 0.05) is 13.6 Å². The van der Waals surface area contributed by atoms with Crippen LogP contribution in [0.2, 0.25) is 5.02 Å². The van der Waals surface area contributed by atoms with Crippen LogP contribution in [-0.2, 0) is 11.3 Å². The Kier molecular flexibility index (Phi) is 8.24. The van der Waals surface area contributed by atoms with Gasteiger partial charge in [-0.1, -0.05) is 59.3 Å². The van der Waals surface area contributed by atoms with Gasteiger partial charge in [0.15, 0.2) is 10.9 Å². The van der Waals surface area contributed by atoms with Crippen molar-refractivity contribution in [2.24, 2.45) is 0 Å². The summed E-state index contributed by atoms with van der Waals surface area (Å²) in [5, 5.41) is 10.4. The Hall–Kier alpha value is -3.82. The molecule has 36 heavy (non-hydrogen) atoms. The van der Waals surface area contributed by atoms with Crippen molar-refractivity contribution >= 4 is 50.3 Å². The van der Waals surface area contributed by atoms with E-state index in [1.54, 1.807) is 59.9 Å². The molecule has 4 rings (SSSR count). The highest BCUT2D eigenvalue weighted by molar-refractivity contribution is 7.22. The quantitative estimate of drug-likeness (QED) is 0.290. The highest BCUT2D eigenvalue weighted by Gasteiger charge is 2.20. The fourth-order valence-corrected chi connectivity index (χ4v) is 4.49. The molecule has 0 atom stereocenters. The summed E-state index contributed by atoms with van der Waals surface area (Å²) in [5.74, 6) is -0.317. The van der Waals surface area contributed by atoms with Crippen LogP contribution < -0.4 is 14.4 Å². The molecule has 0 bridgehead atoms. The lowest BCUT2D eigenvalue weighted by Crippen LogP contribution is -2.37. The Balaban J connectivity index is 1.31. The minimum Gasteiger partial charge on any atom is -0.492 e. The molecule has 0 saturated heterocycles. The number of fused-ring (bicyclic) bond motifs is 1. The average Bonchev–Trinajstić information content (AvgIpc) is 3.30. The van der Waals surface area contributed by atoms with E-state index in [-0.39, 0.29) is 17.3 Å². The highest BCUT2D eigenvalue weighted by atomic mass is 35.5. The molecule has 8 nitrogen and oxygen atoms in total. The molecule has 0 aliphatic rings. The van der Waals surface area contributed by atoms with Crippen LogP contribution >= 0.6 is 22.9 Å². The normalized spacial score (nSPS) is 10.7. The van der Waals surface area contributed by atoms with Gasteiger partial charge in [-0.05, 0) is 42.0 Å². The van der Waals surface area contributed by atoms with Crippen molar-refractivity contribution < 1.29 is 24.2 Å². The molecular formula is C26H24ClN3O5S. The minimum atomic E-state index is -1.15. The Bertz CT molecular complexity index is 1310. The number of halogens is 1. The summed E-state index contributed by atoms with van der Waals surface area (Å²) in [6, 6.07) is 21.7. The van der Waals surface area contributed by atoms with Crippen molar-refractivity contribution in [3.8, 4) is 11.5 Å². The highest BCUT2D eigenvalue weighted by Crippen LogP contribution is 2.28. The number of para-hydroxylation sites is 2. The molecule has 0 aliphatic carbocycles. The third kappa shape index (κ3) is 6.65. The lowest BCUT2D eigenvalue weighted by atomic mass is 10.2. The molecule has 0 aliphatic heterocycles. The number of carboxylic acids is 1. The predicted molar refractivity (Wildman–Crippen MR) is 140 cm³/mol. The van der Waals surface area contributed by atoms with E-state index in [9.17, 15) is 14.7 Å². The number of thiazole rings is 1. The lowest BCUT2D eigenvalue weighted by Gasteiger charge is -2.21. The first kappa shape index (κ1) is 25.3. The number of benzene rings is 3. The number of aromatic nitrogens is 1. The van der Waals surface area contributed by atoms with Gasteiger partial charge in [-0.15, -0.1) is 0 Å². The van der Waals surface area contributed by atoms with Crippen LogP contribution in [0.25, 0.3) is 10.2 Å². The molecule has 4 aromatic rings. The second-order valence-electron chi connectivity index (χ2n) is 7.93. The number of aliphatic carboxylic acids is 1.